The second-order valence-electron chi connectivity index (χ2n) is 6.45. The molecule has 0 aromatic carbocycles. The molecule has 6 nitrogen and oxygen atoms in total. The summed E-state index contributed by atoms with van der Waals surface area (Å²) >= 11 is 5.88. The molecule has 1 N–H and O–H groups in total. The van der Waals surface area contributed by atoms with Gasteiger partial charge in [-0.2, -0.15) is 0 Å². The van der Waals surface area contributed by atoms with Crippen LogP contribution in [0.5, 0.6) is 0 Å². The number of hydrogen-bond acceptors (Lipinski definition) is 5. The summed E-state index contributed by atoms with van der Waals surface area (Å²) < 4.78 is 0. The Morgan fingerprint density at radius 3 is 2.76 bits per heavy atom. The summed E-state index contributed by atoms with van der Waals surface area (Å²) in [5, 5.41) is 3.46. The van der Waals surface area contributed by atoms with Crippen LogP contribution >= 0.6 is 11.6 Å². The number of nitrogens with zero attached hydrogens (tertiary/aromatic N) is 4. The van der Waals surface area contributed by atoms with Gasteiger partial charge in [0, 0.05) is 38.2 Å². The van der Waals surface area contributed by atoms with Crippen molar-refractivity contribution in [2.24, 2.45) is 5.92 Å². The molecule has 0 aliphatic carbocycles. The SMILES string of the molecule is Cc1cnc(C)c(N2CCC(CNC(=O)c3cncc(Cl)c3)CC2)n1. The predicted octanol–water partition coefficient (Wildman–Crippen LogP) is 2.79. The first-order valence-electron chi connectivity index (χ1n) is 8.47. The second-order valence-corrected chi connectivity index (χ2v) is 6.89. The molecule has 1 saturated heterocycles. The molecule has 0 spiro atoms. The van der Waals surface area contributed by atoms with Crippen molar-refractivity contribution in [3.05, 3.63) is 46.6 Å². The predicted molar refractivity (Wildman–Crippen MR) is 98.0 cm³/mol. The van der Waals surface area contributed by atoms with Gasteiger partial charge in [-0.1, -0.05) is 11.6 Å². The molecule has 0 radical (unpaired) electrons. The lowest BCUT2D eigenvalue weighted by Crippen LogP contribution is -2.39. The van der Waals surface area contributed by atoms with Gasteiger partial charge in [0.1, 0.15) is 5.82 Å². The Labute approximate surface area is 152 Å². The van der Waals surface area contributed by atoms with Crippen LogP contribution in [0, 0.1) is 19.8 Å². The standard InChI is InChI=1S/C18H22ClN5O/c1-12-8-21-13(2)17(23-12)24-5-3-14(4-6-24)9-22-18(25)15-7-16(19)11-20-10-15/h7-8,10-11,14H,3-6,9H2,1-2H3,(H,22,25). The van der Waals surface area contributed by atoms with E-state index in [1.165, 1.54) is 12.4 Å². The van der Waals surface area contributed by atoms with Crippen molar-refractivity contribution in [1.82, 2.24) is 20.3 Å². The number of pyridine rings is 1. The zero-order valence-corrected chi connectivity index (χ0v) is 15.3. The van der Waals surface area contributed by atoms with E-state index in [9.17, 15) is 4.79 Å². The normalized spacial score (nSPS) is 15.2. The summed E-state index contributed by atoms with van der Waals surface area (Å²) in [6.07, 6.45) is 6.88. The zero-order valence-electron chi connectivity index (χ0n) is 14.5. The Balaban J connectivity index is 1.51. The van der Waals surface area contributed by atoms with Gasteiger partial charge in [0.2, 0.25) is 0 Å². The molecule has 1 aliphatic rings. The molecule has 2 aromatic heterocycles. The molecule has 25 heavy (non-hydrogen) atoms. The Bertz CT molecular complexity index is 759. The summed E-state index contributed by atoms with van der Waals surface area (Å²) in [5.74, 6) is 1.32. The van der Waals surface area contributed by atoms with Gasteiger partial charge in [-0.05, 0) is 38.7 Å². The molecule has 7 heteroatoms. The number of nitrogens with one attached hydrogen (secondary N) is 1. The number of hydrogen-bond donors (Lipinski definition) is 1. The molecular weight excluding hydrogens is 338 g/mol. The number of aromatic nitrogens is 3. The number of aryl methyl sites for hydroxylation is 2. The van der Waals surface area contributed by atoms with Crippen molar-refractivity contribution < 1.29 is 4.79 Å². The summed E-state index contributed by atoms with van der Waals surface area (Å²) in [6, 6.07) is 1.63. The Kier molecular flexibility index (Phi) is 5.48. The number of carbonyl (C=O) groups is 1. The summed E-state index contributed by atoms with van der Waals surface area (Å²) in [7, 11) is 0. The van der Waals surface area contributed by atoms with Crippen molar-refractivity contribution in [3.8, 4) is 0 Å². The van der Waals surface area contributed by atoms with Crippen molar-refractivity contribution in [2.45, 2.75) is 26.7 Å². The van der Waals surface area contributed by atoms with Crippen molar-refractivity contribution >= 4 is 23.3 Å². The van der Waals surface area contributed by atoms with Gasteiger partial charge in [-0.3, -0.25) is 14.8 Å². The highest BCUT2D eigenvalue weighted by Gasteiger charge is 2.22. The van der Waals surface area contributed by atoms with Gasteiger partial charge < -0.3 is 10.2 Å². The molecule has 1 amide bonds. The van der Waals surface area contributed by atoms with Crippen LogP contribution < -0.4 is 10.2 Å². The largest absolute Gasteiger partial charge is 0.355 e. The van der Waals surface area contributed by atoms with Crippen LogP contribution in [-0.4, -0.2) is 40.5 Å². The fraction of sp³-hybridized carbons (Fsp3) is 0.444. The van der Waals surface area contributed by atoms with Crippen LogP contribution in [0.2, 0.25) is 5.02 Å². The Morgan fingerprint density at radius 1 is 1.28 bits per heavy atom. The second kappa shape index (κ2) is 7.78. The van der Waals surface area contributed by atoms with Crippen molar-refractivity contribution in [2.75, 3.05) is 24.5 Å². The van der Waals surface area contributed by atoms with Crippen LogP contribution in [0.1, 0.15) is 34.6 Å². The van der Waals surface area contributed by atoms with Gasteiger partial charge in [0.15, 0.2) is 0 Å². The third kappa shape index (κ3) is 4.45. The number of piperidine rings is 1. The lowest BCUT2D eigenvalue weighted by molar-refractivity contribution is 0.0944. The molecule has 3 heterocycles. The maximum atomic E-state index is 12.2. The van der Waals surface area contributed by atoms with Crippen LogP contribution in [0.25, 0.3) is 0 Å². The molecule has 132 valence electrons. The van der Waals surface area contributed by atoms with Gasteiger partial charge >= 0.3 is 0 Å². The highest BCUT2D eigenvalue weighted by atomic mass is 35.5. The molecular formula is C18H22ClN5O. The molecule has 0 saturated carbocycles. The van der Waals surface area contributed by atoms with E-state index in [2.05, 4.69) is 25.2 Å². The Hall–Kier alpha value is -2.21. The molecule has 1 fully saturated rings. The quantitative estimate of drug-likeness (QED) is 0.908. The minimum Gasteiger partial charge on any atom is -0.355 e. The van der Waals surface area contributed by atoms with Gasteiger partial charge in [0.05, 0.1) is 22.0 Å². The third-order valence-electron chi connectivity index (χ3n) is 4.48. The minimum absolute atomic E-state index is 0.127. The third-order valence-corrected chi connectivity index (χ3v) is 4.69. The van der Waals surface area contributed by atoms with E-state index in [0.717, 1.165) is 43.1 Å². The molecule has 3 rings (SSSR count). The zero-order chi connectivity index (χ0) is 17.8. The fourth-order valence-electron chi connectivity index (χ4n) is 3.05. The van der Waals surface area contributed by atoms with Gasteiger partial charge in [-0.15, -0.1) is 0 Å². The number of carbonyl (C=O) groups excluding carboxylic acids is 1. The van der Waals surface area contributed by atoms with Crippen LogP contribution in [0.4, 0.5) is 5.82 Å². The lowest BCUT2D eigenvalue weighted by Gasteiger charge is -2.33. The average molecular weight is 360 g/mol. The summed E-state index contributed by atoms with van der Waals surface area (Å²) in [5.41, 5.74) is 2.39. The van der Waals surface area contributed by atoms with E-state index in [0.29, 0.717) is 23.0 Å². The number of rotatable bonds is 4. The smallest absolute Gasteiger partial charge is 0.252 e. The van der Waals surface area contributed by atoms with Crippen LogP contribution in [-0.2, 0) is 0 Å². The number of anilines is 1. The summed E-state index contributed by atoms with van der Waals surface area (Å²) in [6.45, 7) is 6.48. The van der Waals surface area contributed by atoms with E-state index < -0.39 is 0 Å². The number of amides is 1. The Morgan fingerprint density at radius 2 is 2.04 bits per heavy atom. The molecule has 0 unspecified atom stereocenters. The monoisotopic (exact) mass is 359 g/mol. The van der Waals surface area contributed by atoms with Crippen LogP contribution in [0.3, 0.4) is 0 Å². The maximum Gasteiger partial charge on any atom is 0.252 e. The van der Waals surface area contributed by atoms with E-state index in [1.807, 2.05) is 13.8 Å². The first-order valence-corrected chi connectivity index (χ1v) is 8.84. The van der Waals surface area contributed by atoms with E-state index in [4.69, 9.17) is 11.6 Å². The maximum absolute atomic E-state index is 12.2. The molecule has 2 aromatic rings. The van der Waals surface area contributed by atoms with E-state index >= 15 is 0 Å². The van der Waals surface area contributed by atoms with Gasteiger partial charge in [0.25, 0.3) is 5.91 Å². The van der Waals surface area contributed by atoms with Gasteiger partial charge in [-0.25, -0.2) is 4.98 Å². The van der Waals surface area contributed by atoms with E-state index in [-0.39, 0.29) is 5.91 Å². The van der Waals surface area contributed by atoms with Crippen molar-refractivity contribution in [3.63, 3.8) is 0 Å². The van der Waals surface area contributed by atoms with Crippen molar-refractivity contribution in [1.29, 1.82) is 0 Å². The average Bonchev–Trinajstić information content (AvgIpc) is 2.62. The van der Waals surface area contributed by atoms with Crippen LogP contribution in [0.15, 0.2) is 24.7 Å². The highest BCUT2D eigenvalue weighted by molar-refractivity contribution is 6.30. The molecule has 0 atom stereocenters. The minimum atomic E-state index is -0.127. The van der Waals surface area contributed by atoms with E-state index in [1.54, 1.807) is 12.3 Å². The molecule has 1 aliphatic heterocycles. The first-order chi connectivity index (χ1) is 12.0. The summed E-state index contributed by atoms with van der Waals surface area (Å²) in [4.78, 5) is 27.4. The number of halogens is 1. The first kappa shape index (κ1) is 17.6. The topological polar surface area (TPSA) is 71.0 Å². The lowest BCUT2D eigenvalue weighted by atomic mass is 9.96. The highest BCUT2D eigenvalue weighted by Crippen LogP contribution is 2.23. The molecule has 0 bridgehead atoms. The fourth-order valence-corrected chi connectivity index (χ4v) is 3.22.